The minimum Gasteiger partial charge on any atom is -0.310 e. The first-order valence-electron chi connectivity index (χ1n) is 9.72. The molecular formula is C26H31N. The Morgan fingerprint density at radius 2 is 0.852 bits per heavy atom. The highest BCUT2D eigenvalue weighted by atomic mass is 15.1. The third-order valence-electron chi connectivity index (χ3n) is 4.94. The Balaban J connectivity index is 2.26. The van der Waals surface area contributed by atoms with Crippen molar-refractivity contribution in [2.45, 2.75) is 52.4 Å². The SMILES string of the molecule is CC(C)(C)c1cc(N(c2ccccc2)c2ccccc2)cc(C(C)(C)C)c1. The molecule has 0 N–H and O–H groups in total. The van der Waals surface area contributed by atoms with Gasteiger partial charge in [-0.1, -0.05) is 84.0 Å². The fraction of sp³-hybridized carbons (Fsp3) is 0.308. The second-order valence-corrected chi connectivity index (χ2v) is 9.28. The summed E-state index contributed by atoms with van der Waals surface area (Å²) in [6.07, 6.45) is 0. The highest BCUT2D eigenvalue weighted by molar-refractivity contribution is 5.77. The van der Waals surface area contributed by atoms with Crippen molar-refractivity contribution in [1.82, 2.24) is 0 Å². The first-order chi connectivity index (χ1) is 12.7. The van der Waals surface area contributed by atoms with Gasteiger partial charge in [0.1, 0.15) is 0 Å². The molecule has 27 heavy (non-hydrogen) atoms. The first-order valence-corrected chi connectivity index (χ1v) is 9.72. The standard InChI is InChI=1S/C26H31N/c1-25(2,3)20-17-21(26(4,5)6)19-24(18-20)27(22-13-9-7-10-14-22)23-15-11-8-12-16-23/h7-19H,1-6H3. The topological polar surface area (TPSA) is 3.24 Å². The van der Waals surface area contributed by atoms with Gasteiger partial charge in [0.25, 0.3) is 0 Å². The maximum absolute atomic E-state index is 2.37. The van der Waals surface area contributed by atoms with Crippen LogP contribution in [0.15, 0.2) is 78.9 Å². The van der Waals surface area contributed by atoms with Gasteiger partial charge in [-0.2, -0.15) is 0 Å². The molecule has 0 fully saturated rings. The molecule has 0 unspecified atom stereocenters. The Hall–Kier alpha value is -2.54. The number of benzene rings is 3. The van der Waals surface area contributed by atoms with Crippen molar-refractivity contribution >= 4 is 17.1 Å². The van der Waals surface area contributed by atoms with Crippen LogP contribution in [0.2, 0.25) is 0 Å². The predicted octanol–water partition coefficient (Wildman–Crippen LogP) is 7.75. The van der Waals surface area contributed by atoms with Crippen LogP contribution in [0.5, 0.6) is 0 Å². The van der Waals surface area contributed by atoms with Gasteiger partial charge in [0.2, 0.25) is 0 Å². The van der Waals surface area contributed by atoms with Crippen LogP contribution in [0.25, 0.3) is 0 Å². The molecule has 0 amide bonds. The van der Waals surface area contributed by atoms with E-state index in [9.17, 15) is 0 Å². The lowest BCUT2D eigenvalue weighted by Crippen LogP contribution is -2.19. The van der Waals surface area contributed by atoms with E-state index in [1.54, 1.807) is 0 Å². The highest BCUT2D eigenvalue weighted by Gasteiger charge is 2.23. The number of rotatable bonds is 3. The van der Waals surface area contributed by atoms with Crippen LogP contribution >= 0.6 is 0 Å². The van der Waals surface area contributed by atoms with Gasteiger partial charge >= 0.3 is 0 Å². The molecule has 0 aliphatic heterocycles. The number of hydrogen-bond acceptors (Lipinski definition) is 1. The lowest BCUT2D eigenvalue weighted by atomic mass is 9.80. The Bertz CT molecular complexity index is 809. The van der Waals surface area contributed by atoms with Gasteiger partial charge in [0.05, 0.1) is 0 Å². The first kappa shape index (κ1) is 19.2. The molecule has 0 aliphatic carbocycles. The number of para-hydroxylation sites is 2. The average Bonchev–Trinajstić information content (AvgIpc) is 2.62. The Kier molecular flexibility index (Phi) is 5.15. The van der Waals surface area contributed by atoms with E-state index in [1.807, 2.05) is 0 Å². The summed E-state index contributed by atoms with van der Waals surface area (Å²) in [5.74, 6) is 0. The van der Waals surface area contributed by atoms with Gasteiger partial charge in [-0.3, -0.25) is 0 Å². The van der Waals surface area contributed by atoms with E-state index < -0.39 is 0 Å². The summed E-state index contributed by atoms with van der Waals surface area (Å²) in [5.41, 5.74) is 6.47. The second-order valence-electron chi connectivity index (χ2n) is 9.28. The van der Waals surface area contributed by atoms with E-state index in [-0.39, 0.29) is 10.8 Å². The molecule has 3 rings (SSSR count). The van der Waals surface area contributed by atoms with E-state index >= 15 is 0 Å². The quantitative estimate of drug-likeness (QED) is 0.463. The Morgan fingerprint density at radius 3 is 1.19 bits per heavy atom. The van der Waals surface area contributed by atoms with Crippen LogP contribution in [0, 0.1) is 0 Å². The van der Waals surface area contributed by atoms with E-state index in [0.29, 0.717) is 0 Å². The predicted molar refractivity (Wildman–Crippen MR) is 119 cm³/mol. The average molecular weight is 358 g/mol. The number of hydrogen-bond donors (Lipinski definition) is 0. The van der Waals surface area contributed by atoms with E-state index in [2.05, 4.69) is 125 Å². The van der Waals surface area contributed by atoms with Gasteiger partial charge in [-0.25, -0.2) is 0 Å². The summed E-state index contributed by atoms with van der Waals surface area (Å²) in [4.78, 5) is 2.35. The zero-order valence-electron chi connectivity index (χ0n) is 17.5. The molecule has 0 aliphatic rings. The summed E-state index contributed by atoms with van der Waals surface area (Å²) < 4.78 is 0. The van der Waals surface area contributed by atoms with Crippen molar-refractivity contribution in [3.63, 3.8) is 0 Å². The van der Waals surface area contributed by atoms with Crippen molar-refractivity contribution in [1.29, 1.82) is 0 Å². The molecule has 0 heterocycles. The maximum Gasteiger partial charge on any atom is 0.0467 e. The van der Waals surface area contributed by atoms with Crippen LogP contribution in [-0.2, 0) is 10.8 Å². The molecule has 1 heteroatoms. The maximum atomic E-state index is 2.37. The van der Waals surface area contributed by atoms with Crippen molar-refractivity contribution in [2.75, 3.05) is 4.90 Å². The van der Waals surface area contributed by atoms with Crippen LogP contribution < -0.4 is 4.90 Å². The summed E-state index contributed by atoms with van der Waals surface area (Å²) in [6, 6.07) is 28.3. The fourth-order valence-electron chi connectivity index (χ4n) is 3.21. The van der Waals surface area contributed by atoms with Gasteiger partial charge in [0.15, 0.2) is 0 Å². The fourth-order valence-corrected chi connectivity index (χ4v) is 3.21. The largest absolute Gasteiger partial charge is 0.310 e. The normalized spacial score (nSPS) is 12.1. The summed E-state index contributed by atoms with van der Waals surface area (Å²) in [6.45, 7) is 13.7. The molecule has 1 nitrogen and oxygen atoms in total. The zero-order chi connectivity index (χ0) is 19.7. The van der Waals surface area contributed by atoms with Gasteiger partial charge in [-0.05, 0) is 58.4 Å². The molecule has 3 aromatic carbocycles. The van der Waals surface area contributed by atoms with E-state index in [1.165, 1.54) is 28.2 Å². The van der Waals surface area contributed by atoms with Crippen molar-refractivity contribution in [3.8, 4) is 0 Å². The monoisotopic (exact) mass is 357 g/mol. The summed E-state index contributed by atoms with van der Waals surface area (Å²) in [7, 11) is 0. The molecule has 0 saturated carbocycles. The minimum atomic E-state index is 0.0923. The molecular weight excluding hydrogens is 326 g/mol. The van der Waals surface area contributed by atoms with Crippen LogP contribution in [-0.4, -0.2) is 0 Å². The van der Waals surface area contributed by atoms with Gasteiger partial charge < -0.3 is 4.90 Å². The molecule has 3 aromatic rings. The van der Waals surface area contributed by atoms with Crippen molar-refractivity contribution in [3.05, 3.63) is 90.0 Å². The zero-order valence-corrected chi connectivity index (χ0v) is 17.5. The smallest absolute Gasteiger partial charge is 0.0467 e. The number of anilines is 3. The lowest BCUT2D eigenvalue weighted by molar-refractivity contribution is 0.569. The summed E-state index contributed by atoms with van der Waals surface area (Å²) >= 11 is 0. The van der Waals surface area contributed by atoms with Crippen molar-refractivity contribution in [2.24, 2.45) is 0 Å². The van der Waals surface area contributed by atoms with E-state index in [0.717, 1.165) is 0 Å². The van der Waals surface area contributed by atoms with Crippen LogP contribution in [0.4, 0.5) is 17.1 Å². The molecule has 140 valence electrons. The van der Waals surface area contributed by atoms with E-state index in [4.69, 9.17) is 0 Å². The molecule has 0 radical (unpaired) electrons. The molecule has 0 aromatic heterocycles. The van der Waals surface area contributed by atoms with Crippen LogP contribution in [0.1, 0.15) is 52.7 Å². The summed E-state index contributed by atoms with van der Waals surface area (Å²) in [5, 5.41) is 0. The van der Waals surface area contributed by atoms with Crippen LogP contribution in [0.3, 0.4) is 0 Å². The third-order valence-corrected chi connectivity index (χ3v) is 4.94. The second kappa shape index (κ2) is 7.23. The highest BCUT2D eigenvalue weighted by Crippen LogP contribution is 2.39. The third kappa shape index (κ3) is 4.42. The van der Waals surface area contributed by atoms with Crippen molar-refractivity contribution < 1.29 is 0 Å². The molecule has 0 bridgehead atoms. The minimum absolute atomic E-state index is 0.0923. The Labute approximate surface area is 164 Å². The molecule has 0 atom stereocenters. The lowest BCUT2D eigenvalue weighted by Gasteiger charge is -2.31. The number of nitrogens with zero attached hydrogens (tertiary/aromatic N) is 1. The molecule has 0 spiro atoms. The Morgan fingerprint density at radius 1 is 0.481 bits per heavy atom. The van der Waals surface area contributed by atoms with Gasteiger partial charge in [0, 0.05) is 17.1 Å². The molecule has 0 saturated heterocycles. The van der Waals surface area contributed by atoms with Gasteiger partial charge in [-0.15, -0.1) is 0 Å².